The Kier molecular flexibility index (Phi) is 6.99. The predicted molar refractivity (Wildman–Crippen MR) is 171 cm³/mol. The maximum absolute atomic E-state index is 4.90. The highest BCUT2D eigenvalue weighted by molar-refractivity contribution is 5.83. The summed E-state index contributed by atoms with van der Waals surface area (Å²) in [6, 6.07) is 31.1. The molecular weight excluding hydrogens is 528 g/mol. The smallest absolute Gasteiger partial charge is 0.126 e. The van der Waals surface area contributed by atoms with E-state index in [0.717, 1.165) is 67.0 Å². The van der Waals surface area contributed by atoms with Crippen LogP contribution in [0.15, 0.2) is 141 Å². The first kappa shape index (κ1) is 26.0. The summed E-state index contributed by atoms with van der Waals surface area (Å²) in [5.74, 6) is 0.692. The number of hydrogen-bond acceptors (Lipinski definition) is 6. The summed E-state index contributed by atoms with van der Waals surface area (Å²) < 4.78 is 0. The maximum atomic E-state index is 4.90. The topological polar surface area (TPSA) is 77.3 Å². The third kappa shape index (κ3) is 5.67. The second-order valence-electron chi connectivity index (χ2n) is 10.3. The molecule has 0 saturated heterocycles. The lowest BCUT2D eigenvalue weighted by Crippen LogP contribution is -1.96. The quantitative estimate of drug-likeness (QED) is 0.206. The molecule has 0 bridgehead atoms. The molecule has 0 radical (unpaired) electrons. The minimum absolute atomic E-state index is 0.692. The molecule has 0 N–H and O–H groups in total. The van der Waals surface area contributed by atoms with Crippen molar-refractivity contribution in [1.82, 2.24) is 29.9 Å². The van der Waals surface area contributed by atoms with Gasteiger partial charge in [-0.05, 0) is 95.9 Å². The van der Waals surface area contributed by atoms with Gasteiger partial charge in [0.2, 0.25) is 0 Å². The van der Waals surface area contributed by atoms with Gasteiger partial charge in [0.15, 0.2) is 0 Å². The lowest BCUT2D eigenvalue weighted by atomic mass is 9.94. The summed E-state index contributed by atoms with van der Waals surface area (Å²) in [6.07, 6.45) is 14.7. The van der Waals surface area contributed by atoms with Gasteiger partial charge in [-0.25, -0.2) is 9.97 Å². The van der Waals surface area contributed by atoms with Gasteiger partial charge in [0.25, 0.3) is 0 Å². The molecule has 5 aromatic heterocycles. The zero-order chi connectivity index (χ0) is 29.0. The van der Waals surface area contributed by atoms with Crippen LogP contribution in [0.3, 0.4) is 0 Å². The summed E-state index contributed by atoms with van der Waals surface area (Å²) >= 11 is 0. The van der Waals surface area contributed by atoms with Gasteiger partial charge in [0.1, 0.15) is 5.82 Å². The Hall–Kier alpha value is -5.88. The molecule has 204 valence electrons. The summed E-state index contributed by atoms with van der Waals surface area (Å²) in [6.45, 7) is 1.94. The van der Waals surface area contributed by atoms with Crippen LogP contribution < -0.4 is 0 Å². The van der Waals surface area contributed by atoms with Gasteiger partial charge in [0.05, 0.1) is 11.4 Å². The van der Waals surface area contributed by atoms with Gasteiger partial charge in [-0.2, -0.15) is 0 Å². The van der Waals surface area contributed by atoms with Gasteiger partial charge < -0.3 is 0 Å². The Bertz CT molecular complexity index is 1750. The van der Waals surface area contributed by atoms with Gasteiger partial charge in [0, 0.05) is 83.0 Å². The van der Waals surface area contributed by atoms with Crippen LogP contribution in [0.2, 0.25) is 0 Å². The molecule has 0 spiro atoms. The maximum Gasteiger partial charge on any atom is 0.126 e. The molecule has 0 aliphatic rings. The van der Waals surface area contributed by atoms with Crippen molar-refractivity contribution in [3.63, 3.8) is 0 Å². The van der Waals surface area contributed by atoms with Crippen LogP contribution in [-0.2, 0) is 0 Å². The normalized spacial score (nSPS) is 10.9. The lowest BCUT2D eigenvalue weighted by molar-refractivity contribution is 1.06. The van der Waals surface area contributed by atoms with Gasteiger partial charge in [-0.3, -0.25) is 19.9 Å². The average molecular weight is 555 g/mol. The standard InChI is InChI=1S/C37H26N6/c1-25-42-36(34-16-30(26-6-2-10-38-21-26)14-31(17-34)27-7-3-11-39-22-27)20-37(43-25)35-18-32(28-8-4-12-40-23-28)15-33(19-35)29-9-5-13-41-24-29/h2-24H,1H3. The summed E-state index contributed by atoms with van der Waals surface area (Å²) in [4.78, 5) is 27.2. The number of hydrogen-bond donors (Lipinski definition) is 0. The first-order valence-electron chi connectivity index (χ1n) is 14.0. The van der Waals surface area contributed by atoms with Crippen LogP contribution in [0.4, 0.5) is 0 Å². The molecule has 0 amide bonds. The van der Waals surface area contributed by atoms with E-state index in [0.29, 0.717) is 5.82 Å². The van der Waals surface area contributed by atoms with E-state index in [-0.39, 0.29) is 0 Å². The molecule has 0 fully saturated rings. The molecule has 43 heavy (non-hydrogen) atoms. The molecule has 6 heteroatoms. The summed E-state index contributed by atoms with van der Waals surface area (Å²) in [7, 11) is 0. The van der Waals surface area contributed by atoms with E-state index < -0.39 is 0 Å². The van der Waals surface area contributed by atoms with E-state index in [1.54, 1.807) is 24.8 Å². The van der Waals surface area contributed by atoms with Crippen molar-refractivity contribution in [1.29, 1.82) is 0 Å². The van der Waals surface area contributed by atoms with E-state index in [9.17, 15) is 0 Å². The lowest BCUT2D eigenvalue weighted by Gasteiger charge is -2.13. The number of aryl methyl sites for hydroxylation is 1. The molecule has 5 heterocycles. The fraction of sp³-hybridized carbons (Fsp3) is 0.0270. The average Bonchev–Trinajstić information content (AvgIpc) is 3.09. The second-order valence-corrected chi connectivity index (χ2v) is 10.3. The van der Waals surface area contributed by atoms with E-state index in [4.69, 9.17) is 9.97 Å². The van der Waals surface area contributed by atoms with Gasteiger partial charge >= 0.3 is 0 Å². The van der Waals surface area contributed by atoms with E-state index in [1.165, 1.54) is 0 Å². The van der Waals surface area contributed by atoms with Crippen molar-refractivity contribution in [2.24, 2.45) is 0 Å². The van der Waals surface area contributed by atoms with Gasteiger partial charge in [-0.15, -0.1) is 0 Å². The highest BCUT2D eigenvalue weighted by Crippen LogP contribution is 2.35. The van der Waals surface area contributed by atoms with Gasteiger partial charge in [-0.1, -0.05) is 24.3 Å². The Labute approximate surface area is 249 Å². The predicted octanol–water partition coefficient (Wildman–Crippen LogP) is 8.37. The number of benzene rings is 2. The third-order valence-corrected chi connectivity index (χ3v) is 7.27. The highest BCUT2D eigenvalue weighted by atomic mass is 14.9. The van der Waals surface area contributed by atoms with Crippen LogP contribution >= 0.6 is 0 Å². The zero-order valence-electron chi connectivity index (χ0n) is 23.5. The highest BCUT2D eigenvalue weighted by Gasteiger charge is 2.14. The first-order chi connectivity index (χ1) is 21.2. The van der Waals surface area contributed by atoms with E-state index in [2.05, 4.69) is 86.7 Å². The monoisotopic (exact) mass is 554 g/mol. The van der Waals surface area contributed by atoms with Crippen molar-refractivity contribution < 1.29 is 0 Å². The SMILES string of the molecule is Cc1nc(-c2cc(-c3cccnc3)cc(-c3cccnc3)c2)cc(-c2cc(-c3cccnc3)cc(-c3cccnc3)c2)n1. The van der Waals surface area contributed by atoms with Crippen LogP contribution in [0.1, 0.15) is 5.82 Å². The fourth-order valence-electron chi connectivity index (χ4n) is 5.22. The van der Waals surface area contributed by atoms with Crippen molar-refractivity contribution in [2.75, 3.05) is 0 Å². The van der Waals surface area contributed by atoms with Crippen LogP contribution in [0.25, 0.3) is 67.0 Å². The van der Waals surface area contributed by atoms with Crippen LogP contribution in [0.5, 0.6) is 0 Å². The van der Waals surface area contributed by atoms with Crippen molar-refractivity contribution in [2.45, 2.75) is 6.92 Å². The molecule has 2 aromatic carbocycles. The zero-order valence-corrected chi connectivity index (χ0v) is 23.5. The largest absolute Gasteiger partial charge is 0.264 e. The molecule has 0 atom stereocenters. The van der Waals surface area contributed by atoms with E-state index >= 15 is 0 Å². The molecule has 0 aliphatic carbocycles. The Morgan fingerprint density at radius 3 is 0.930 bits per heavy atom. The molecule has 0 saturated carbocycles. The summed E-state index contributed by atoms with van der Waals surface area (Å²) in [5.41, 5.74) is 12.0. The molecule has 0 unspecified atom stereocenters. The molecular formula is C37H26N6. The molecule has 0 aliphatic heterocycles. The number of aromatic nitrogens is 6. The minimum Gasteiger partial charge on any atom is -0.264 e. The fourth-order valence-corrected chi connectivity index (χ4v) is 5.22. The molecule has 6 nitrogen and oxygen atoms in total. The van der Waals surface area contributed by atoms with Crippen LogP contribution in [0, 0.1) is 6.92 Å². The Balaban J connectivity index is 1.40. The number of rotatable bonds is 6. The van der Waals surface area contributed by atoms with Crippen molar-refractivity contribution >= 4 is 0 Å². The minimum atomic E-state index is 0.692. The van der Waals surface area contributed by atoms with Crippen LogP contribution in [-0.4, -0.2) is 29.9 Å². The van der Waals surface area contributed by atoms with E-state index in [1.807, 2.05) is 56.0 Å². The summed E-state index contributed by atoms with van der Waals surface area (Å²) in [5, 5.41) is 0. The second kappa shape index (κ2) is 11.5. The Morgan fingerprint density at radius 2 is 0.651 bits per heavy atom. The van der Waals surface area contributed by atoms with Crippen molar-refractivity contribution in [3.05, 3.63) is 146 Å². The Morgan fingerprint density at radius 1 is 0.349 bits per heavy atom. The third-order valence-electron chi connectivity index (χ3n) is 7.27. The molecule has 7 aromatic rings. The number of pyridine rings is 4. The first-order valence-corrected chi connectivity index (χ1v) is 14.0. The van der Waals surface area contributed by atoms with Crippen molar-refractivity contribution in [3.8, 4) is 67.0 Å². The number of nitrogens with zero attached hydrogens (tertiary/aromatic N) is 6. The molecule has 7 rings (SSSR count).